The van der Waals surface area contributed by atoms with Gasteiger partial charge in [-0.1, -0.05) is 33.1 Å². The van der Waals surface area contributed by atoms with Crippen LogP contribution in [0.5, 0.6) is 5.75 Å². The predicted molar refractivity (Wildman–Crippen MR) is 87.1 cm³/mol. The average molecular weight is 310 g/mol. The lowest BCUT2D eigenvalue weighted by atomic mass is 10.0. The number of imidazole rings is 1. The summed E-state index contributed by atoms with van der Waals surface area (Å²) >= 11 is 5.46. The van der Waals surface area contributed by atoms with E-state index >= 15 is 0 Å². The van der Waals surface area contributed by atoms with Gasteiger partial charge in [0, 0.05) is 18.2 Å². The molecule has 0 radical (unpaired) electrons. The summed E-state index contributed by atoms with van der Waals surface area (Å²) in [5, 5.41) is 0. The Morgan fingerprint density at radius 2 is 2.05 bits per heavy atom. The van der Waals surface area contributed by atoms with Crippen molar-refractivity contribution in [1.29, 1.82) is 0 Å². The molecule has 1 unspecified atom stereocenters. The van der Waals surface area contributed by atoms with Crippen LogP contribution in [0.15, 0.2) is 12.1 Å². The van der Waals surface area contributed by atoms with E-state index in [0.29, 0.717) is 10.8 Å². The molecule has 0 saturated carbocycles. The van der Waals surface area contributed by atoms with E-state index in [0.717, 1.165) is 43.1 Å². The third kappa shape index (κ3) is 3.28. The van der Waals surface area contributed by atoms with Crippen molar-refractivity contribution in [3.05, 3.63) is 22.7 Å². The van der Waals surface area contributed by atoms with Crippen LogP contribution in [0.1, 0.15) is 52.0 Å². The third-order valence-corrected chi connectivity index (χ3v) is 4.17. The number of nitrogens with one attached hydrogen (secondary N) is 1. The minimum Gasteiger partial charge on any atom is -0.494 e. The fraction of sp³-hybridized carbons (Fsp3) is 0.562. The van der Waals surface area contributed by atoms with E-state index in [1.807, 2.05) is 0 Å². The van der Waals surface area contributed by atoms with E-state index in [4.69, 9.17) is 17.0 Å². The highest BCUT2D eigenvalue weighted by Gasteiger charge is 2.17. The maximum atomic E-state index is 13.8. The second-order valence-corrected chi connectivity index (χ2v) is 5.78. The van der Waals surface area contributed by atoms with Crippen LogP contribution in [0.25, 0.3) is 11.0 Å². The van der Waals surface area contributed by atoms with Crippen LogP contribution in [-0.2, 0) is 0 Å². The van der Waals surface area contributed by atoms with Crippen molar-refractivity contribution < 1.29 is 9.13 Å². The molecule has 0 aliphatic heterocycles. The Labute approximate surface area is 130 Å². The maximum Gasteiger partial charge on any atom is 0.178 e. The fourth-order valence-corrected chi connectivity index (χ4v) is 3.18. The predicted octanol–water partition coefficient (Wildman–Crippen LogP) is 5.38. The van der Waals surface area contributed by atoms with Crippen LogP contribution in [0.4, 0.5) is 4.39 Å². The number of halogens is 1. The smallest absolute Gasteiger partial charge is 0.178 e. The number of ether oxygens (including phenoxy) is 1. The zero-order chi connectivity index (χ0) is 15.4. The number of aromatic amines is 1. The first-order chi connectivity index (χ1) is 10.1. The van der Waals surface area contributed by atoms with Gasteiger partial charge in [-0.15, -0.1) is 0 Å². The Hall–Kier alpha value is -1.36. The van der Waals surface area contributed by atoms with Crippen LogP contribution in [0.2, 0.25) is 0 Å². The van der Waals surface area contributed by atoms with Crippen molar-refractivity contribution in [3.8, 4) is 5.75 Å². The van der Waals surface area contributed by atoms with E-state index in [9.17, 15) is 4.39 Å². The molecule has 0 spiro atoms. The number of nitrogens with zero attached hydrogens (tertiary/aromatic N) is 1. The molecule has 2 aromatic rings. The summed E-state index contributed by atoms with van der Waals surface area (Å²) in [6.07, 6.45) is 5.58. The molecule has 1 N–H and O–H groups in total. The summed E-state index contributed by atoms with van der Waals surface area (Å²) in [4.78, 5) is 3.12. The molecule has 21 heavy (non-hydrogen) atoms. The van der Waals surface area contributed by atoms with Gasteiger partial charge in [-0.2, -0.15) is 0 Å². The molecule has 0 fully saturated rings. The van der Waals surface area contributed by atoms with Gasteiger partial charge in [-0.25, -0.2) is 4.39 Å². The number of hydrogen-bond donors (Lipinski definition) is 1. The summed E-state index contributed by atoms with van der Waals surface area (Å²) in [6.45, 7) is 4.37. The molecule has 1 aromatic heterocycles. The molecule has 0 aliphatic rings. The van der Waals surface area contributed by atoms with Crippen LogP contribution in [-0.4, -0.2) is 16.7 Å². The van der Waals surface area contributed by atoms with Gasteiger partial charge in [0.1, 0.15) is 0 Å². The number of fused-ring (bicyclic) bond motifs is 1. The topological polar surface area (TPSA) is 29.9 Å². The summed E-state index contributed by atoms with van der Waals surface area (Å²) in [7, 11) is 1.48. The minimum absolute atomic E-state index is 0.260. The molecular weight excluding hydrogens is 287 g/mol. The van der Waals surface area contributed by atoms with Crippen LogP contribution in [0.3, 0.4) is 0 Å². The largest absolute Gasteiger partial charge is 0.494 e. The Morgan fingerprint density at radius 3 is 2.67 bits per heavy atom. The van der Waals surface area contributed by atoms with E-state index in [-0.39, 0.29) is 11.6 Å². The first-order valence-electron chi connectivity index (χ1n) is 7.60. The highest BCUT2D eigenvalue weighted by atomic mass is 32.1. The second-order valence-electron chi connectivity index (χ2n) is 5.39. The van der Waals surface area contributed by atoms with Crippen molar-refractivity contribution in [1.82, 2.24) is 9.55 Å². The average Bonchev–Trinajstić information content (AvgIpc) is 2.77. The number of H-pyrrole nitrogens is 1. The quantitative estimate of drug-likeness (QED) is 0.696. The molecule has 1 atom stereocenters. The maximum absolute atomic E-state index is 13.8. The SMILES string of the molecule is CCCCC(CCC)n1c(=S)[nH]c2cc(F)c(OC)cc21. The van der Waals surface area contributed by atoms with Crippen molar-refractivity contribution in [2.75, 3.05) is 7.11 Å². The lowest BCUT2D eigenvalue weighted by molar-refractivity contribution is 0.386. The first-order valence-corrected chi connectivity index (χ1v) is 8.00. The number of rotatable bonds is 7. The first kappa shape index (κ1) is 16.0. The van der Waals surface area contributed by atoms with Gasteiger partial charge in [0.25, 0.3) is 0 Å². The van der Waals surface area contributed by atoms with Crippen molar-refractivity contribution in [3.63, 3.8) is 0 Å². The van der Waals surface area contributed by atoms with Crippen molar-refractivity contribution >= 4 is 23.3 Å². The van der Waals surface area contributed by atoms with Crippen LogP contribution < -0.4 is 4.74 Å². The number of aromatic nitrogens is 2. The fourth-order valence-electron chi connectivity index (χ4n) is 2.82. The van der Waals surface area contributed by atoms with Gasteiger partial charge >= 0.3 is 0 Å². The summed E-state index contributed by atoms with van der Waals surface area (Å²) in [5.74, 6) is -0.106. The van der Waals surface area contributed by atoms with E-state index in [2.05, 4.69) is 23.4 Å². The number of unbranched alkanes of at least 4 members (excludes halogenated alkanes) is 1. The zero-order valence-electron chi connectivity index (χ0n) is 12.9. The Morgan fingerprint density at radius 1 is 1.29 bits per heavy atom. The number of methoxy groups -OCH3 is 1. The van der Waals surface area contributed by atoms with E-state index in [1.54, 1.807) is 6.07 Å². The molecule has 5 heteroatoms. The molecule has 2 rings (SSSR count). The third-order valence-electron chi connectivity index (χ3n) is 3.87. The second kappa shape index (κ2) is 7.07. The summed E-state index contributed by atoms with van der Waals surface area (Å²) in [6, 6.07) is 3.56. The molecular formula is C16H23FN2OS. The van der Waals surface area contributed by atoms with Crippen LogP contribution in [0, 0.1) is 10.6 Å². The lowest BCUT2D eigenvalue weighted by Crippen LogP contribution is -2.09. The van der Waals surface area contributed by atoms with Gasteiger partial charge in [-0.3, -0.25) is 0 Å². The minimum atomic E-state index is -0.367. The normalized spacial score (nSPS) is 12.8. The number of benzene rings is 1. The van der Waals surface area contributed by atoms with Gasteiger partial charge in [0.05, 0.1) is 18.1 Å². The molecule has 0 bridgehead atoms. The molecule has 0 saturated heterocycles. The van der Waals surface area contributed by atoms with E-state index in [1.165, 1.54) is 13.2 Å². The highest BCUT2D eigenvalue weighted by molar-refractivity contribution is 7.71. The zero-order valence-corrected chi connectivity index (χ0v) is 13.7. The molecule has 0 aliphatic carbocycles. The van der Waals surface area contributed by atoms with Crippen molar-refractivity contribution in [2.24, 2.45) is 0 Å². The lowest BCUT2D eigenvalue weighted by Gasteiger charge is -2.19. The Balaban J connectivity index is 2.54. The van der Waals surface area contributed by atoms with Gasteiger partial charge in [-0.05, 0) is 25.1 Å². The van der Waals surface area contributed by atoms with Crippen LogP contribution >= 0.6 is 12.2 Å². The Kier molecular flexibility index (Phi) is 5.39. The summed E-state index contributed by atoms with van der Waals surface area (Å²) in [5.41, 5.74) is 1.66. The van der Waals surface area contributed by atoms with Gasteiger partial charge in [0.2, 0.25) is 0 Å². The monoisotopic (exact) mass is 310 g/mol. The molecule has 3 nitrogen and oxygen atoms in total. The standard InChI is InChI=1S/C16H23FN2OS/c1-4-6-8-11(7-5-2)19-14-10-15(20-3)12(17)9-13(14)18-16(19)21/h9-11H,4-8H2,1-3H3,(H,18,21). The molecule has 116 valence electrons. The Bertz CT molecular complexity index is 662. The van der Waals surface area contributed by atoms with E-state index < -0.39 is 0 Å². The van der Waals surface area contributed by atoms with Crippen molar-refractivity contribution in [2.45, 2.75) is 52.0 Å². The summed E-state index contributed by atoms with van der Waals surface area (Å²) < 4.78 is 21.7. The molecule has 1 aromatic carbocycles. The molecule has 0 amide bonds. The highest BCUT2D eigenvalue weighted by Crippen LogP contribution is 2.30. The number of hydrogen-bond acceptors (Lipinski definition) is 2. The van der Waals surface area contributed by atoms with Gasteiger partial charge in [0.15, 0.2) is 16.3 Å². The van der Waals surface area contributed by atoms with Gasteiger partial charge < -0.3 is 14.3 Å². The molecule has 1 heterocycles.